The number of aryl methyl sites for hydroxylation is 2. The first kappa shape index (κ1) is 25.8. The van der Waals surface area contributed by atoms with Crippen LogP contribution in [-0.2, 0) is 22.9 Å². The molecule has 2 N–H and O–H groups in total. The second kappa shape index (κ2) is 11.4. The topological polar surface area (TPSA) is 101 Å². The molecular formula is C22H29IN6O2S. The van der Waals surface area contributed by atoms with E-state index in [1.54, 1.807) is 19.2 Å². The van der Waals surface area contributed by atoms with Crippen LogP contribution in [0.3, 0.4) is 0 Å². The van der Waals surface area contributed by atoms with E-state index < -0.39 is 9.84 Å². The smallest absolute Gasteiger partial charge is 0.191 e. The van der Waals surface area contributed by atoms with Crippen LogP contribution >= 0.6 is 24.0 Å². The van der Waals surface area contributed by atoms with Crippen molar-refractivity contribution in [3.8, 4) is 5.82 Å². The van der Waals surface area contributed by atoms with Crippen molar-refractivity contribution in [2.75, 3.05) is 12.8 Å². The Morgan fingerprint density at radius 3 is 2.41 bits per heavy atom. The normalized spacial score (nSPS) is 11.7. The van der Waals surface area contributed by atoms with Gasteiger partial charge in [0, 0.05) is 37.9 Å². The largest absolute Gasteiger partial charge is 0.357 e. The second-order valence-electron chi connectivity index (χ2n) is 7.29. The van der Waals surface area contributed by atoms with Crippen LogP contribution in [0.25, 0.3) is 5.82 Å². The molecule has 8 nitrogen and oxygen atoms in total. The van der Waals surface area contributed by atoms with Gasteiger partial charge >= 0.3 is 0 Å². The van der Waals surface area contributed by atoms with Crippen LogP contribution in [0.4, 0.5) is 0 Å². The summed E-state index contributed by atoms with van der Waals surface area (Å²) in [4.78, 5) is 13.7. The summed E-state index contributed by atoms with van der Waals surface area (Å²) in [5, 5.41) is 6.52. The van der Waals surface area contributed by atoms with Crippen LogP contribution < -0.4 is 10.6 Å². The molecule has 2 aromatic heterocycles. The maximum atomic E-state index is 11.8. The Hall–Kier alpha value is -2.47. The van der Waals surface area contributed by atoms with Gasteiger partial charge < -0.3 is 10.6 Å². The molecule has 0 aliphatic rings. The van der Waals surface area contributed by atoms with Gasteiger partial charge in [0.2, 0.25) is 0 Å². The van der Waals surface area contributed by atoms with Crippen LogP contribution in [0.1, 0.15) is 29.4 Å². The van der Waals surface area contributed by atoms with Crippen LogP contribution in [0.2, 0.25) is 0 Å². The number of pyridine rings is 1. The highest BCUT2D eigenvalue weighted by atomic mass is 127. The maximum Gasteiger partial charge on any atom is 0.191 e. The molecule has 1 aromatic carbocycles. The molecule has 0 bridgehead atoms. The van der Waals surface area contributed by atoms with E-state index in [9.17, 15) is 8.42 Å². The fourth-order valence-corrected chi connectivity index (χ4v) is 4.17. The molecule has 0 aliphatic heterocycles. The number of benzene rings is 1. The highest BCUT2D eigenvalue weighted by molar-refractivity contribution is 14.0. The van der Waals surface area contributed by atoms with Crippen molar-refractivity contribution < 1.29 is 8.42 Å². The standard InChI is InChI=1S/C22H28N6O2S.HI/c1-5-23-22(26-13-18-6-8-20(16(2)12-18)31(4,29)30)27-15-19-7-9-21(25-14-19)28-11-10-24-17(28)3;/h6-12,14H,5,13,15H2,1-4H3,(H2,23,26,27);1H. The Morgan fingerprint density at radius 1 is 1.09 bits per heavy atom. The van der Waals surface area contributed by atoms with Crippen molar-refractivity contribution in [3.05, 3.63) is 71.4 Å². The predicted molar refractivity (Wildman–Crippen MR) is 137 cm³/mol. The van der Waals surface area contributed by atoms with Crippen LogP contribution in [-0.4, -0.2) is 41.7 Å². The summed E-state index contributed by atoms with van der Waals surface area (Å²) in [6.07, 6.45) is 6.67. The fraction of sp³-hybridized carbons (Fsp3) is 0.318. The van der Waals surface area contributed by atoms with Crippen molar-refractivity contribution in [1.82, 2.24) is 25.2 Å². The summed E-state index contributed by atoms with van der Waals surface area (Å²) in [5.41, 5.74) is 2.72. The van der Waals surface area contributed by atoms with Crippen LogP contribution in [0.15, 0.2) is 58.8 Å². The predicted octanol–water partition coefficient (Wildman–Crippen LogP) is 3.16. The zero-order valence-electron chi connectivity index (χ0n) is 18.7. The summed E-state index contributed by atoms with van der Waals surface area (Å²) < 4.78 is 25.5. The molecule has 0 amide bonds. The van der Waals surface area contributed by atoms with Gasteiger partial charge in [0.15, 0.2) is 15.8 Å². The number of halogens is 1. The Morgan fingerprint density at radius 2 is 1.84 bits per heavy atom. The number of aromatic nitrogens is 3. The summed E-state index contributed by atoms with van der Waals surface area (Å²) in [6, 6.07) is 9.31. The lowest BCUT2D eigenvalue weighted by Gasteiger charge is -2.13. The highest BCUT2D eigenvalue weighted by Gasteiger charge is 2.11. The lowest BCUT2D eigenvalue weighted by atomic mass is 10.1. The number of nitrogens with zero attached hydrogens (tertiary/aromatic N) is 4. The maximum absolute atomic E-state index is 11.8. The average Bonchev–Trinajstić information content (AvgIpc) is 3.15. The first-order valence-corrected chi connectivity index (χ1v) is 11.9. The number of imidazole rings is 1. The van der Waals surface area contributed by atoms with Crippen molar-refractivity contribution in [2.24, 2.45) is 4.99 Å². The van der Waals surface area contributed by atoms with Crippen molar-refractivity contribution in [3.63, 3.8) is 0 Å². The van der Waals surface area contributed by atoms with Crippen LogP contribution in [0.5, 0.6) is 0 Å². The van der Waals surface area contributed by atoms with Gasteiger partial charge in [0.25, 0.3) is 0 Å². The zero-order valence-corrected chi connectivity index (χ0v) is 21.8. The lowest BCUT2D eigenvalue weighted by Crippen LogP contribution is -2.36. The van der Waals surface area contributed by atoms with Gasteiger partial charge in [-0.25, -0.2) is 23.4 Å². The minimum absolute atomic E-state index is 0. The SMILES string of the molecule is CCNC(=NCc1ccc(-n2ccnc2C)nc1)NCc1ccc(S(C)(=O)=O)c(C)c1.I. The van der Waals surface area contributed by atoms with E-state index in [0.717, 1.165) is 34.9 Å². The molecule has 3 aromatic rings. The molecule has 10 heteroatoms. The van der Waals surface area contributed by atoms with Gasteiger partial charge in [-0.1, -0.05) is 18.2 Å². The minimum atomic E-state index is -3.22. The van der Waals surface area contributed by atoms with E-state index in [-0.39, 0.29) is 24.0 Å². The molecule has 0 aliphatic carbocycles. The lowest BCUT2D eigenvalue weighted by molar-refractivity contribution is 0.601. The van der Waals surface area contributed by atoms with E-state index in [2.05, 4.69) is 25.6 Å². The number of guanidine groups is 1. The number of nitrogens with one attached hydrogen (secondary N) is 2. The molecule has 0 fully saturated rings. The minimum Gasteiger partial charge on any atom is -0.357 e. The zero-order chi connectivity index (χ0) is 22.4. The average molecular weight is 568 g/mol. The number of hydrogen-bond donors (Lipinski definition) is 2. The van der Waals surface area contributed by atoms with E-state index in [4.69, 9.17) is 0 Å². The summed E-state index contributed by atoms with van der Waals surface area (Å²) in [7, 11) is -3.22. The van der Waals surface area contributed by atoms with Crippen LogP contribution in [0, 0.1) is 13.8 Å². The Balaban J connectivity index is 0.00000363. The van der Waals surface area contributed by atoms with Gasteiger partial charge in [0.1, 0.15) is 11.6 Å². The molecule has 3 rings (SSSR count). The van der Waals surface area contributed by atoms with Gasteiger partial charge in [-0.05, 0) is 49.6 Å². The summed E-state index contributed by atoms with van der Waals surface area (Å²) in [5.74, 6) is 2.39. The van der Waals surface area contributed by atoms with Crippen molar-refractivity contribution >= 4 is 39.8 Å². The number of rotatable bonds is 7. The van der Waals surface area contributed by atoms with E-state index in [0.29, 0.717) is 23.9 Å². The molecular weight excluding hydrogens is 539 g/mol. The van der Waals surface area contributed by atoms with E-state index in [1.165, 1.54) is 6.26 Å². The molecule has 172 valence electrons. The molecule has 0 saturated carbocycles. The third kappa shape index (κ3) is 6.76. The molecule has 0 unspecified atom stereocenters. The molecule has 0 atom stereocenters. The third-order valence-corrected chi connectivity index (χ3v) is 6.00. The number of aliphatic imine (C=N–C) groups is 1. The van der Waals surface area contributed by atoms with E-state index >= 15 is 0 Å². The van der Waals surface area contributed by atoms with Crippen molar-refractivity contribution in [1.29, 1.82) is 0 Å². The summed E-state index contributed by atoms with van der Waals surface area (Å²) >= 11 is 0. The van der Waals surface area contributed by atoms with Gasteiger partial charge in [-0.3, -0.25) is 4.57 Å². The van der Waals surface area contributed by atoms with Gasteiger partial charge in [-0.2, -0.15) is 0 Å². The molecule has 0 radical (unpaired) electrons. The first-order chi connectivity index (χ1) is 14.8. The molecule has 32 heavy (non-hydrogen) atoms. The fourth-order valence-electron chi connectivity index (χ4n) is 3.21. The van der Waals surface area contributed by atoms with Gasteiger partial charge in [-0.15, -0.1) is 24.0 Å². The first-order valence-electron chi connectivity index (χ1n) is 10.0. The monoisotopic (exact) mass is 568 g/mol. The van der Waals surface area contributed by atoms with Gasteiger partial charge in [0.05, 0.1) is 11.4 Å². The molecule has 0 saturated heterocycles. The Kier molecular flexibility index (Phi) is 9.20. The van der Waals surface area contributed by atoms with Crippen molar-refractivity contribution in [2.45, 2.75) is 38.8 Å². The highest BCUT2D eigenvalue weighted by Crippen LogP contribution is 2.16. The summed E-state index contributed by atoms with van der Waals surface area (Å²) in [6.45, 7) is 7.50. The number of sulfone groups is 1. The Bertz CT molecular complexity index is 1170. The molecule has 2 heterocycles. The Labute approximate surface area is 206 Å². The third-order valence-electron chi connectivity index (χ3n) is 4.74. The quantitative estimate of drug-likeness (QED) is 0.258. The second-order valence-corrected chi connectivity index (χ2v) is 9.27. The van der Waals surface area contributed by atoms with E-state index in [1.807, 2.05) is 55.1 Å². The molecule has 0 spiro atoms. The number of hydrogen-bond acceptors (Lipinski definition) is 5.